The number of nitrogens with one attached hydrogen (secondary N) is 1. The Morgan fingerprint density at radius 3 is 2.00 bits per heavy atom. The molecular weight excluding hydrogens is 302 g/mol. The lowest BCUT2D eigenvalue weighted by atomic mass is 9.84. The summed E-state index contributed by atoms with van der Waals surface area (Å²) in [5.74, 6) is -0.189. The molecule has 1 N–H and O–H groups in total. The highest BCUT2D eigenvalue weighted by atomic mass is 16.5. The summed E-state index contributed by atoms with van der Waals surface area (Å²) < 4.78 is 5.25. The molecule has 1 saturated carbocycles. The van der Waals surface area contributed by atoms with E-state index in [1.807, 2.05) is 0 Å². The first-order valence-corrected chi connectivity index (χ1v) is 10.1. The van der Waals surface area contributed by atoms with E-state index in [4.69, 9.17) is 4.74 Å². The van der Waals surface area contributed by atoms with Crippen LogP contribution in [0.25, 0.3) is 0 Å². The summed E-state index contributed by atoms with van der Waals surface area (Å²) in [7, 11) is 0. The van der Waals surface area contributed by atoms with Gasteiger partial charge in [-0.25, -0.2) is 4.79 Å². The summed E-state index contributed by atoms with van der Waals surface area (Å²) >= 11 is 0. The molecule has 0 bridgehead atoms. The first-order valence-electron chi connectivity index (χ1n) is 10.1. The van der Waals surface area contributed by atoms with Crippen LogP contribution in [0.2, 0.25) is 0 Å². The lowest BCUT2D eigenvalue weighted by Crippen LogP contribution is -2.44. The van der Waals surface area contributed by atoms with Crippen LogP contribution >= 0.6 is 0 Å². The molecule has 0 spiro atoms. The van der Waals surface area contributed by atoms with E-state index in [-0.39, 0.29) is 17.8 Å². The van der Waals surface area contributed by atoms with E-state index in [0.29, 0.717) is 6.61 Å². The maximum atomic E-state index is 11.8. The second-order valence-electron chi connectivity index (χ2n) is 7.21. The average molecular weight is 340 g/mol. The molecule has 0 saturated heterocycles. The van der Waals surface area contributed by atoms with Crippen LogP contribution < -0.4 is 5.32 Å². The fraction of sp³-hybridized carbons (Fsp3) is 0.900. The van der Waals surface area contributed by atoms with Gasteiger partial charge in [0.1, 0.15) is 6.04 Å². The first kappa shape index (κ1) is 21.0. The fourth-order valence-corrected chi connectivity index (χ4v) is 2.95. The molecular formula is C20H37NO3. The van der Waals surface area contributed by atoms with Gasteiger partial charge < -0.3 is 10.1 Å². The third-order valence-electron chi connectivity index (χ3n) is 4.93. The molecule has 24 heavy (non-hydrogen) atoms. The Kier molecular flexibility index (Phi) is 11.6. The molecule has 0 heterocycles. The van der Waals surface area contributed by atoms with Crippen molar-refractivity contribution in [2.75, 3.05) is 6.61 Å². The number of unbranched alkanes of at least 4 members (excludes halogenated alkanes) is 9. The van der Waals surface area contributed by atoms with Gasteiger partial charge in [0, 0.05) is 5.92 Å². The Morgan fingerprint density at radius 1 is 0.958 bits per heavy atom. The zero-order valence-corrected chi connectivity index (χ0v) is 15.8. The van der Waals surface area contributed by atoms with Crippen molar-refractivity contribution in [1.29, 1.82) is 0 Å². The van der Waals surface area contributed by atoms with Gasteiger partial charge >= 0.3 is 5.97 Å². The lowest BCUT2D eigenvalue weighted by molar-refractivity contribution is -0.148. The molecule has 0 radical (unpaired) electrons. The number of hydrogen-bond acceptors (Lipinski definition) is 3. The van der Waals surface area contributed by atoms with Crippen LogP contribution in [0, 0.1) is 5.92 Å². The van der Waals surface area contributed by atoms with Gasteiger partial charge in [-0.05, 0) is 26.2 Å². The molecule has 1 unspecified atom stereocenters. The number of hydrogen-bond donors (Lipinski definition) is 1. The number of ether oxygens (including phenoxy) is 1. The van der Waals surface area contributed by atoms with E-state index in [2.05, 4.69) is 12.2 Å². The minimum Gasteiger partial charge on any atom is -0.464 e. The summed E-state index contributed by atoms with van der Waals surface area (Å²) in [5, 5.41) is 2.76. The Labute approximate surface area is 148 Å². The van der Waals surface area contributed by atoms with Crippen molar-refractivity contribution in [3.63, 3.8) is 0 Å². The molecule has 4 heteroatoms. The molecule has 140 valence electrons. The van der Waals surface area contributed by atoms with E-state index >= 15 is 0 Å². The minimum absolute atomic E-state index is 0.00429. The van der Waals surface area contributed by atoms with Gasteiger partial charge in [0.15, 0.2) is 0 Å². The van der Waals surface area contributed by atoms with Crippen LogP contribution in [-0.4, -0.2) is 24.5 Å². The third kappa shape index (κ3) is 9.29. The number of carbonyl (C=O) groups is 2. The molecule has 1 atom stereocenters. The topological polar surface area (TPSA) is 55.4 Å². The van der Waals surface area contributed by atoms with Gasteiger partial charge in [-0.2, -0.15) is 0 Å². The van der Waals surface area contributed by atoms with Crippen molar-refractivity contribution < 1.29 is 14.3 Å². The van der Waals surface area contributed by atoms with Crippen LogP contribution in [-0.2, 0) is 14.3 Å². The van der Waals surface area contributed by atoms with Crippen molar-refractivity contribution in [3.05, 3.63) is 0 Å². The van der Waals surface area contributed by atoms with Gasteiger partial charge in [-0.1, -0.05) is 71.1 Å². The third-order valence-corrected chi connectivity index (χ3v) is 4.93. The summed E-state index contributed by atoms with van der Waals surface area (Å²) in [6, 6.07) is -0.527. The highest BCUT2D eigenvalue weighted by Crippen LogP contribution is 2.26. The molecule has 1 aliphatic rings. The van der Waals surface area contributed by atoms with Crippen molar-refractivity contribution in [3.8, 4) is 0 Å². The monoisotopic (exact) mass is 339 g/mol. The van der Waals surface area contributed by atoms with Gasteiger partial charge in [-0.15, -0.1) is 0 Å². The highest BCUT2D eigenvalue weighted by Gasteiger charge is 2.27. The molecule has 1 fully saturated rings. The van der Waals surface area contributed by atoms with Gasteiger partial charge in [0.2, 0.25) is 5.91 Å². The smallest absolute Gasteiger partial charge is 0.328 e. The molecule has 1 aliphatic carbocycles. The van der Waals surface area contributed by atoms with E-state index in [1.54, 1.807) is 6.92 Å². The van der Waals surface area contributed by atoms with Gasteiger partial charge in [-0.3, -0.25) is 4.79 Å². The Morgan fingerprint density at radius 2 is 1.50 bits per heavy atom. The van der Waals surface area contributed by atoms with Crippen molar-refractivity contribution >= 4 is 11.9 Å². The van der Waals surface area contributed by atoms with Crippen LogP contribution in [0.3, 0.4) is 0 Å². The van der Waals surface area contributed by atoms with Crippen molar-refractivity contribution in [1.82, 2.24) is 5.32 Å². The molecule has 1 amide bonds. The van der Waals surface area contributed by atoms with Crippen LogP contribution in [0.4, 0.5) is 0 Å². The van der Waals surface area contributed by atoms with Gasteiger partial charge in [0.25, 0.3) is 0 Å². The Balaban J connectivity index is 1.89. The number of rotatable bonds is 14. The van der Waals surface area contributed by atoms with Crippen molar-refractivity contribution in [2.24, 2.45) is 5.92 Å². The molecule has 4 nitrogen and oxygen atoms in total. The van der Waals surface area contributed by atoms with E-state index in [0.717, 1.165) is 32.1 Å². The average Bonchev–Trinajstić information content (AvgIpc) is 2.50. The highest BCUT2D eigenvalue weighted by molar-refractivity contribution is 5.85. The molecule has 0 aromatic heterocycles. The van der Waals surface area contributed by atoms with E-state index < -0.39 is 6.04 Å². The summed E-state index contributed by atoms with van der Waals surface area (Å²) in [5.41, 5.74) is 0. The van der Waals surface area contributed by atoms with E-state index in [1.165, 1.54) is 51.4 Å². The molecule has 0 aromatic carbocycles. The van der Waals surface area contributed by atoms with Crippen molar-refractivity contribution in [2.45, 2.75) is 103 Å². The molecule has 0 aromatic rings. The summed E-state index contributed by atoms with van der Waals surface area (Å²) in [4.78, 5) is 23.6. The van der Waals surface area contributed by atoms with Crippen LogP contribution in [0.15, 0.2) is 0 Å². The number of carbonyl (C=O) groups excluding carboxylic acids is 2. The summed E-state index contributed by atoms with van der Waals surface area (Å²) in [6.07, 6.45) is 15.7. The molecule has 0 aliphatic heterocycles. The zero-order valence-electron chi connectivity index (χ0n) is 15.8. The quantitative estimate of drug-likeness (QED) is 0.367. The van der Waals surface area contributed by atoms with Crippen LogP contribution in [0.5, 0.6) is 0 Å². The summed E-state index contributed by atoms with van der Waals surface area (Å²) in [6.45, 7) is 4.42. The second kappa shape index (κ2) is 13.3. The fourth-order valence-electron chi connectivity index (χ4n) is 2.95. The SMILES string of the molecule is CCCCCCCCCCCCOC(=O)C(C)NC(=O)C1CCC1. The standard InChI is InChI=1S/C20H37NO3/c1-3-4-5-6-7-8-9-10-11-12-16-24-20(23)17(2)21-19(22)18-14-13-15-18/h17-18H,3-16H2,1-2H3,(H,21,22). The Bertz CT molecular complexity index is 353. The first-order chi connectivity index (χ1) is 11.6. The van der Waals surface area contributed by atoms with Crippen LogP contribution in [0.1, 0.15) is 97.3 Å². The van der Waals surface area contributed by atoms with Gasteiger partial charge in [0.05, 0.1) is 6.61 Å². The number of amides is 1. The normalized spacial score (nSPS) is 15.6. The predicted molar refractivity (Wildman–Crippen MR) is 97.7 cm³/mol. The largest absolute Gasteiger partial charge is 0.464 e. The predicted octanol–water partition coefficient (Wildman–Crippen LogP) is 4.76. The maximum absolute atomic E-state index is 11.8. The second-order valence-corrected chi connectivity index (χ2v) is 7.21. The van der Waals surface area contributed by atoms with E-state index in [9.17, 15) is 9.59 Å². The lowest BCUT2D eigenvalue weighted by Gasteiger charge is -2.25. The molecule has 1 rings (SSSR count). The Hall–Kier alpha value is -1.06. The number of esters is 1. The maximum Gasteiger partial charge on any atom is 0.328 e. The zero-order chi connectivity index (χ0) is 17.6. The minimum atomic E-state index is -0.527.